The second-order valence-electron chi connectivity index (χ2n) is 6.95. The average Bonchev–Trinajstić information content (AvgIpc) is 2.77. The summed E-state index contributed by atoms with van der Waals surface area (Å²) in [5.41, 5.74) is 5.23. The van der Waals surface area contributed by atoms with Crippen LogP contribution in [0.4, 0.5) is 0 Å². The Morgan fingerprint density at radius 3 is 1.97 bits per heavy atom. The molecule has 0 amide bonds. The van der Waals surface area contributed by atoms with Gasteiger partial charge in [0.15, 0.2) is 0 Å². The van der Waals surface area contributed by atoms with Crippen LogP contribution in [0.3, 0.4) is 0 Å². The Balaban J connectivity index is 2.11. The Kier molecular flexibility index (Phi) is 6.75. The molecular formula is C26H24O3. The van der Waals surface area contributed by atoms with E-state index >= 15 is 0 Å². The average molecular weight is 384 g/mol. The van der Waals surface area contributed by atoms with Crippen molar-refractivity contribution in [3.05, 3.63) is 113 Å². The summed E-state index contributed by atoms with van der Waals surface area (Å²) in [5, 5.41) is 0. The number of allylic oxidation sites excluding steroid dienone is 1. The van der Waals surface area contributed by atoms with E-state index in [1.807, 2.05) is 85.8 Å². The number of methoxy groups -OCH3 is 1. The lowest BCUT2D eigenvalue weighted by atomic mass is 9.87. The number of benzene rings is 3. The number of carbonyl (C=O) groups is 2. The van der Waals surface area contributed by atoms with Gasteiger partial charge in [0, 0.05) is 12.3 Å². The van der Waals surface area contributed by atoms with Crippen LogP contribution in [0.5, 0.6) is 0 Å². The molecule has 0 spiro atoms. The minimum absolute atomic E-state index is 0.0549. The van der Waals surface area contributed by atoms with Crippen LogP contribution in [0.2, 0.25) is 0 Å². The van der Waals surface area contributed by atoms with Crippen molar-refractivity contribution in [2.45, 2.75) is 19.3 Å². The summed E-state index contributed by atoms with van der Waals surface area (Å²) in [6.45, 7) is 2.02. The van der Waals surface area contributed by atoms with Crippen LogP contribution >= 0.6 is 0 Å². The van der Waals surface area contributed by atoms with Crippen molar-refractivity contribution in [3.63, 3.8) is 0 Å². The molecule has 0 fully saturated rings. The monoisotopic (exact) mass is 384 g/mol. The molecule has 0 bridgehead atoms. The fraction of sp³-hybridized carbons (Fsp3) is 0.154. The molecule has 0 N–H and O–H groups in total. The van der Waals surface area contributed by atoms with Crippen molar-refractivity contribution in [2.24, 2.45) is 0 Å². The largest absolute Gasteiger partial charge is 0.463 e. The van der Waals surface area contributed by atoms with Gasteiger partial charge in [-0.2, -0.15) is 0 Å². The van der Waals surface area contributed by atoms with Crippen molar-refractivity contribution in [1.82, 2.24) is 0 Å². The van der Waals surface area contributed by atoms with Gasteiger partial charge in [0.05, 0.1) is 7.11 Å². The highest BCUT2D eigenvalue weighted by atomic mass is 16.5. The van der Waals surface area contributed by atoms with E-state index in [2.05, 4.69) is 16.9 Å². The number of rotatable bonds is 7. The molecule has 1 unspecified atom stereocenters. The van der Waals surface area contributed by atoms with Crippen LogP contribution in [0, 0.1) is 6.92 Å². The Hall–Kier alpha value is -3.46. The molecule has 0 saturated heterocycles. The second kappa shape index (κ2) is 9.65. The van der Waals surface area contributed by atoms with Gasteiger partial charge >= 0.3 is 5.97 Å². The van der Waals surface area contributed by atoms with E-state index in [4.69, 9.17) is 0 Å². The lowest BCUT2D eigenvalue weighted by Gasteiger charge is -2.17. The summed E-state index contributed by atoms with van der Waals surface area (Å²) >= 11 is 0. The van der Waals surface area contributed by atoms with Crippen LogP contribution in [0.1, 0.15) is 34.6 Å². The van der Waals surface area contributed by atoms with Crippen LogP contribution in [0.15, 0.2) is 91.0 Å². The van der Waals surface area contributed by atoms with Gasteiger partial charge in [-0.25, -0.2) is 4.79 Å². The van der Waals surface area contributed by atoms with Crippen LogP contribution in [-0.4, -0.2) is 18.9 Å². The van der Waals surface area contributed by atoms with Crippen molar-refractivity contribution in [2.75, 3.05) is 7.11 Å². The van der Waals surface area contributed by atoms with Crippen molar-refractivity contribution in [1.29, 1.82) is 0 Å². The standard InChI is InChI=1S/C26H24O3/c1-19-10-9-15-22(16-19)23(18-25(27)26(28)29-2)17-24(20-11-5-3-6-12-20)21-13-7-4-8-14-21/h3-17,23H,18H2,1-2H3. The maximum absolute atomic E-state index is 12.4. The molecule has 3 nitrogen and oxygen atoms in total. The van der Waals surface area contributed by atoms with Gasteiger partial charge in [-0.3, -0.25) is 4.79 Å². The SMILES string of the molecule is COC(=O)C(=O)CC(C=C(c1ccccc1)c1ccccc1)c1cccc(C)c1. The molecule has 0 aliphatic carbocycles. The van der Waals surface area contributed by atoms with Crippen molar-refractivity contribution < 1.29 is 14.3 Å². The minimum atomic E-state index is -0.808. The minimum Gasteiger partial charge on any atom is -0.463 e. The van der Waals surface area contributed by atoms with Gasteiger partial charge in [-0.1, -0.05) is 96.6 Å². The predicted molar refractivity (Wildman–Crippen MR) is 116 cm³/mol. The Morgan fingerprint density at radius 2 is 1.45 bits per heavy atom. The highest BCUT2D eigenvalue weighted by Gasteiger charge is 2.21. The van der Waals surface area contributed by atoms with E-state index in [0.717, 1.165) is 27.8 Å². The number of aryl methyl sites for hydroxylation is 1. The molecule has 0 radical (unpaired) electrons. The lowest BCUT2D eigenvalue weighted by molar-refractivity contribution is -0.151. The Bertz CT molecular complexity index is 963. The number of esters is 1. The van der Waals surface area contributed by atoms with Crippen LogP contribution in [-0.2, 0) is 14.3 Å². The van der Waals surface area contributed by atoms with E-state index in [0.29, 0.717) is 0 Å². The molecule has 29 heavy (non-hydrogen) atoms. The molecule has 3 aromatic rings. The number of ketones is 1. The molecule has 3 rings (SSSR count). The third kappa shape index (κ3) is 5.29. The van der Waals surface area contributed by atoms with Crippen molar-refractivity contribution >= 4 is 17.3 Å². The van der Waals surface area contributed by atoms with Gasteiger partial charge < -0.3 is 4.74 Å². The number of carbonyl (C=O) groups excluding carboxylic acids is 2. The topological polar surface area (TPSA) is 43.4 Å². The van der Waals surface area contributed by atoms with Crippen LogP contribution < -0.4 is 0 Å². The first-order valence-corrected chi connectivity index (χ1v) is 9.59. The molecule has 0 aliphatic heterocycles. The fourth-order valence-electron chi connectivity index (χ4n) is 3.37. The first-order chi connectivity index (χ1) is 14.1. The summed E-state index contributed by atoms with van der Waals surface area (Å²) in [4.78, 5) is 24.2. The van der Waals surface area contributed by atoms with Gasteiger partial charge in [0.25, 0.3) is 0 Å². The van der Waals surface area contributed by atoms with Crippen LogP contribution in [0.25, 0.3) is 5.57 Å². The lowest BCUT2D eigenvalue weighted by Crippen LogP contribution is -2.18. The third-order valence-corrected chi connectivity index (χ3v) is 4.83. The van der Waals surface area contributed by atoms with Gasteiger partial charge in [-0.15, -0.1) is 0 Å². The highest BCUT2D eigenvalue weighted by molar-refractivity contribution is 6.33. The molecule has 146 valence electrons. The first-order valence-electron chi connectivity index (χ1n) is 9.59. The third-order valence-electron chi connectivity index (χ3n) is 4.83. The fourth-order valence-corrected chi connectivity index (χ4v) is 3.37. The molecule has 3 heteroatoms. The number of hydrogen-bond donors (Lipinski definition) is 0. The van der Waals surface area contributed by atoms with Gasteiger partial charge in [0.2, 0.25) is 5.78 Å². The number of hydrogen-bond acceptors (Lipinski definition) is 3. The predicted octanol–water partition coefficient (Wildman–Crippen LogP) is 5.34. The summed E-state index contributed by atoms with van der Waals surface area (Å²) in [6.07, 6.45) is 2.14. The van der Waals surface area contributed by atoms with Gasteiger partial charge in [0.1, 0.15) is 0 Å². The second-order valence-corrected chi connectivity index (χ2v) is 6.95. The van der Waals surface area contributed by atoms with E-state index in [9.17, 15) is 9.59 Å². The molecule has 0 aliphatic rings. The molecule has 1 atom stereocenters. The quantitative estimate of drug-likeness (QED) is 0.408. The Morgan fingerprint density at radius 1 is 0.862 bits per heavy atom. The summed E-state index contributed by atoms with van der Waals surface area (Å²) in [6, 6.07) is 28.2. The normalized spacial score (nSPS) is 11.4. The number of Topliss-reactive ketones (excluding diaryl/α,β-unsaturated/α-hetero) is 1. The van der Waals surface area contributed by atoms with E-state index in [1.165, 1.54) is 7.11 Å². The zero-order valence-electron chi connectivity index (χ0n) is 16.7. The smallest absolute Gasteiger partial charge is 0.374 e. The molecule has 0 saturated carbocycles. The zero-order valence-corrected chi connectivity index (χ0v) is 16.7. The molecule has 3 aromatic carbocycles. The van der Waals surface area contributed by atoms with E-state index in [1.54, 1.807) is 0 Å². The molecule has 0 heterocycles. The summed E-state index contributed by atoms with van der Waals surface area (Å²) < 4.78 is 4.64. The van der Waals surface area contributed by atoms with Gasteiger partial charge in [-0.05, 0) is 29.2 Å². The highest BCUT2D eigenvalue weighted by Crippen LogP contribution is 2.31. The summed E-state index contributed by atoms with van der Waals surface area (Å²) in [7, 11) is 1.23. The summed E-state index contributed by atoms with van der Waals surface area (Å²) in [5.74, 6) is -1.59. The maximum atomic E-state index is 12.4. The first kappa shape index (κ1) is 20.3. The molecular weight excluding hydrogens is 360 g/mol. The maximum Gasteiger partial charge on any atom is 0.374 e. The zero-order chi connectivity index (χ0) is 20.6. The number of ether oxygens (including phenoxy) is 1. The van der Waals surface area contributed by atoms with E-state index in [-0.39, 0.29) is 12.3 Å². The van der Waals surface area contributed by atoms with Crippen molar-refractivity contribution in [3.8, 4) is 0 Å². The van der Waals surface area contributed by atoms with E-state index < -0.39 is 11.8 Å². The Labute approximate surface area is 171 Å². The molecule has 0 aromatic heterocycles.